The number of benzene rings is 1. The summed E-state index contributed by atoms with van der Waals surface area (Å²) in [6, 6.07) is 3.09. The SMILES string of the molecule is O=C(Nc1cnc(NCc2c(F)ccc3c2CCO3)n2cnnc12)C1CCCC1. The second-order valence-electron chi connectivity index (χ2n) is 7.45. The number of halogens is 1. The highest BCUT2D eigenvalue weighted by Gasteiger charge is 2.24. The van der Waals surface area contributed by atoms with Crippen LogP contribution in [0.2, 0.25) is 0 Å². The molecule has 0 atom stereocenters. The van der Waals surface area contributed by atoms with E-state index in [9.17, 15) is 9.18 Å². The predicted octanol–water partition coefficient (Wildman–Crippen LogP) is 2.94. The first-order valence-corrected chi connectivity index (χ1v) is 9.87. The molecule has 0 bridgehead atoms. The van der Waals surface area contributed by atoms with Gasteiger partial charge in [-0.25, -0.2) is 13.8 Å². The number of rotatable bonds is 5. The van der Waals surface area contributed by atoms with Gasteiger partial charge in [-0.2, -0.15) is 0 Å². The van der Waals surface area contributed by atoms with E-state index in [-0.39, 0.29) is 24.2 Å². The third-order valence-electron chi connectivity index (χ3n) is 5.68. The van der Waals surface area contributed by atoms with Crippen LogP contribution in [0, 0.1) is 11.7 Å². The van der Waals surface area contributed by atoms with E-state index in [4.69, 9.17) is 4.74 Å². The summed E-state index contributed by atoms with van der Waals surface area (Å²) in [5.41, 5.74) is 2.47. The summed E-state index contributed by atoms with van der Waals surface area (Å²) < 4.78 is 21.5. The molecule has 0 saturated heterocycles. The van der Waals surface area contributed by atoms with Crippen LogP contribution in [-0.2, 0) is 17.8 Å². The molecule has 1 aromatic carbocycles. The second-order valence-corrected chi connectivity index (χ2v) is 7.45. The molecule has 8 nitrogen and oxygen atoms in total. The molecule has 9 heteroatoms. The van der Waals surface area contributed by atoms with Crippen molar-refractivity contribution in [1.29, 1.82) is 0 Å². The number of anilines is 2. The number of fused-ring (bicyclic) bond motifs is 2. The Morgan fingerprint density at radius 3 is 3.03 bits per heavy atom. The number of nitrogens with one attached hydrogen (secondary N) is 2. The number of carbonyl (C=O) groups excluding carboxylic acids is 1. The van der Waals surface area contributed by atoms with Crippen molar-refractivity contribution in [3.05, 3.63) is 41.6 Å². The molecule has 1 aliphatic carbocycles. The van der Waals surface area contributed by atoms with Crippen molar-refractivity contribution in [2.24, 2.45) is 5.92 Å². The zero-order valence-corrected chi connectivity index (χ0v) is 15.8. The highest BCUT2D eigenvalue weighted by atomic mass is 19.1. The van der Waals surface area contributed by atoms with Crippen LogP contribution in [0.25, 0.3) is 5.65 Å². The summed E-state index contributed by atoms with van der Waals surface area (Å²) in [6.07, 6.45) is 7.77. The topological polar surface area (TPSA) is 93.4 Å². The Bertz CT molecular complexity index is 1080. The Hall–Kier alpha value is -3.23. The van der Waals surface area contributed by atoms with E-state index in [1.54, 1.807) is 16.7 Å². The number of hydrogen-bond donors (Lipinski definition) is 2. The van der Waals surface area contributed by atoms with Crippen molar-refractivity contribution < 1.29 is 13.9 Å². The van der Waals surface area contributed by atoms with Crippen LogP contribution in [0.1, 0.15) is 36.8 Å². The molecular weight excluding hydrogens is 375 g/mol. The van der Waals surface area contributed by atoms with Crippen molar-refractivity contribution in [3.8, 4) is 5.75 Å². The Labute approximate surface area is 166 Å². The minimum Gasteiger partial charge on any atom is -0.493 e. The van der Waals surface area contributed by atoms with E-state index in [0.717, 1.165) is 37.0 Å². The number of hydrogen-bond acceptors (Lipinski definition) is 6. The minimum atomic E-state index is -0.276. The zero-order valence-electron chi connectivity index (χ0n) is 15.8. The van der Waals surface area contributed by atoms with E-state index in [2.05, 4.69) is 25.8 Å². The summed E-state index contributed by atoms with van der Waals surface area (Å²) >= 11 is 0. The van der Waals surface area contributed by atoms with Crippen LogP contribution in [0.5, 0.6) is 5.75 Å². The molecule has 2 N–H and O–H groups in total. The average Bonchev–Trinajstić information content (AvgIpc) is 3.48. The summed E-state index contributed by atoms with van der Waals surface area (Å²) in [4.78, 5) is 16.9. The number of carbonyl (C=O) groups is 1. The van der Waals surface area contributed by atoms with Gasteiger partial charge in [0, 0.05) is 30.0 Å². The molecule has 1 aliphatic heterocycles. The molecule has 2 aromatic heterocycles. The zero-order chi connectivity index (χ0) is 19.8. The normalized spacial score (nSPS) is 16.0. The van der Waals surface area contributed by atoms with Crippen molar-refractivity contribution in [3.63, 3.8) is 0 Å². The maximum atomic E-state index is 14.4. The molecule has 0 radical (unpaired) electrons. The van der Waals surface area contributed by atoms with Gasteiger partial charge in [-0.15, -0.1) is 10.2 Å². The highest BCUT2D eigenvalue weighted by Crippen LogP contribution is 2.31. The first-order valence-electron chi connectivity index (χ1n) is 9.87. The lowest BCUT2D eigenvalue weighted by molar-refractivity contribution is -0.119. The van der Waals surface area contributed by atoms with Crippen molar-refractivity contribution >= 4 is 23.2 Å². The Balaban J connectivity index is 1.38. The van der Waals surface area contributed by atoms with Gasteiger partial charge in [0.1, 0.15) is 23.6 Å². The maximum absolute atomic E-state index is 14.4. The van der Waals surface area contributed by atoms with Crippen molar-refractivity contribution in [2.45, 2.75) is 38.6 Å². The molecule has 0 unspecified atom stereocenters. The number of aromatic nitrogens is 4. The number of ether oxygens (including phenoxy) is 1. The molecule has 5 rings (SSSR count). The van der Waals surface area contributed by atoms with Gasteiger partial charge in [-0.1, -0.05) is 12.8 Å². The lowest BCUT2D eigenvalue weighted by atomic mass is 10.0. The average molecular weight is 396 g/mol. The summed E-state index contributed by atoms with van der Waals surface area (Å²) in [7, 11) is 0. The van der Waals surface area contributed by atoms with Crippen LogP contribution in [0.3, 0.4) is 0 Å². The molecule has 1 saturated carbocycles. The molecule has 0 spiro atoms. The van der Waals surface area contributed by atoms with Crippen molar-refractivity contribution in [2.75, 3.05) is 17.2 Å². The standard InChI is InChI=1S/C20H21FN6O2/c21-15-5-6-17-13(7-8-29-17)14(15)9-22-20-23-10-16(18-26-24-11-27(18)20)25-19(28)12-3-1-2-4-12/h5-6,10-12H,1-4,7-9H2,(H,22,23)(H,25,28). The number of nitrogens with zero attached hydrogens (tertiary/aromatic N) is 4. The molecule has 150 valence electrons. The smallest absolute Gasteiger partial charge is 0.227 e. The Kier molecular flexibility index (Phi) is 4.49. The van der Waals surface area contributed by atoms with Gasteiger partial charge >= 0.3 is 0 Å². The van der Waals surface area contributed by atoms with Gasteiger partial charge in [0.2, 0.25) is 11.9 Å². The molecule has 3 aromatic rings. The monoisotopic (exact) mass is 396 g/mol. The third kappa shape index (κ3) is 3.26. The second kappa shape index (κ2) is 7.31. The largest absolute Gasteiger partial charge is 0.493 e. The number of amides is 1. The van der Waals surface area contributed by atoms with E-state index in [0.29, 0.717) is 35.9 Å². The van der Waals surface area contributed by atoms with E-state index < -0.39 is 0 Å². The molecule has 29 heavy (non-hydrogen) atoms. The highest BCUT2D eigenvalue weighted by molar-refractivity contribution is 5.95. The maximum Gasteiger partial charge on any atom is 0.227 e. The first-order chi connectivity index (χ1) is 14.2. The molecule has 1 fully saturated rings. The molecule has 1 amide bonds. The molecule has 3 heterocycles. The fraction of sp³-hybridized carbons (Fsp3) is 0.400. The fourth-order valence-corrected chi connectivity index (χ4v) is 4.13. The van der Waals surface area contributed by atoms with E-state index in [1.165, 1.54) is 12.4 Å². The lowest BCUT2D eigenvalue weighted by Gasteiger charge is -2.14. The van der Waals surface area contributed by atoms with E-state index in [1.807, 2.05) is 0 Å². The Morgan fingerprint density at radius 2 is 2.17 bits per heavy atom. The summed E-state index contributed by atoms with van der Waals surface area (Å²) in [5.74, 6) is 0.968. The van der Waals surface area contributed by atoms with Gasteiger partial charge < -0.3 is 15.4 Å². The first kappa shape index (κ1) is 17.8. The van der Waals surface area contributed by atoms with Crippen LogP contribution in [0.4, 0.5) is 16.0 Å². The van der Waals surface area contributed by atoms with Crippen molar-refractivity contribution in [1.82, 2.24) is 19.6 Å². The van der Waals surface area contributed by atoms with Gasteiger partial charge in [0.25, 0.3) is 0 Å². The Morgan fingerprint density at radius 1 is 1.31 bits per heavy atom. The minimum absolute atomic E-state index is 0.00294. The molecular formula is C20H21FN6O2. The van der Waals surface area contributed by atoms with Gasteiger partial charge in [-0.05, 0) is 25.0 Å². The van der Waals surface area contributed by atoms with Crippen LogP contribution < -0.4 is 15.4 Å². The van der Waals surface area contributed by atoms with Crippen LogP contribution >= 0.6 is 0 Å². The third-order valence-corrected chi connectivity index (χ3v) is 5.68. The fourth-order valence-electron chi connectivity index (χ4n) is 4.13. The van der Waals surface area contributed by atoms with E-state index >= 15 is 0 Å². The van der Waals surface area contributed by atoms with Gasteiger partial charge in [0.05, 0.1) is 12.8 Å². The summed E-state index contributed by atoms with van der Waals surface area (Å²) in [6.45, 7) is 0.821. The lowest BCUT2D eigenvalue weighted by Crippen LogP contribution is -2.21. The van der Waals surface area contributed by atoms with Gasteiger partial charge in [-0.3, -0.25) is 4.79 Å². The predicted molar refractivity (Wildman–Crippen MR) is 104 cm³/mol. The molecule has 2 aliphatic rings. The quantitative estimate of drug-likeness (QED) is 0.689. The van der Waals surface area contributed by atoms with Crippen LogP contribution in [0.15, 0.2) is 24.7 Å². The summed E-state index contributed by atoms with van der Waals surface area (Å²) in [5, 5.41) is 14.1. The van der Waals surface area contributed by atoms with Gasteiger partial charge in [0.15, 0.2) is 5.65 Å². The van der Waals surface area contributed by atoms with Crippen LogP contribution in [-0.4, -0.2) is 32.1 Å².